The Bertz CT molecular complexity index is 613. The Morgan fingerprint density at radius 3 is 2.89 bits per heavy atom. The molecule has 0 saturated carbocycles. The molecule has 0 bridgehead atoms. The predicted molar refractivity (Wildman–Crippen MR) is 66.9 cm³/mol. The number of carbonyl (C=O) groups is 1. The van der Waals surface area contributed by atoms with Crippen LogP contribution in [0.25, 0.3) is 0 Å². The molecule has 1 heterocycles. The van der Waals surface area contributed by atoms with Crippen LogP contribution in [-0.2, 0) is 17.3 Å². The molecule has 0 amide bonds. The monoisotopic (exact) mass is 282 g/mol. The maximum Gasteiger partial charge on any atom is 0.338 e. The number of nitrogens with zero attached hydrogens (tertiary/aromatic N) is 2. The van der Waals surface area contributed by atoms with Crippen LogP contribution in [0.3, 0.4) is 0 Å². The van der Waals surface area contributed by atoms with Gasteiger partial charge < -0.3 is 5.11 Å². The van der Waals surface area contributed by atoms with Gasteiger partial charge in [-0.1, -0.05) is 0 Å². The fourth-order valence-corrected chi connectivity index (χ4v) is 2.59. The van der Waals surface area contributed by atoms with Crippen LogP contribution in [0.15, 0.2) is 41.6 Å². The van der Waals surface area contributed by atoms with Crippen LogP contribution in [0.2, 0.25) is 0 Å². The van der Waals surface area contributed by atoms with E-state index in [9.17, 15) is 13.4 Å². The summed E-state index contributed by atoms with van der Waals surface area (Å²) < 4.78 is 26.8. The minimum absolute atomic E-state index is 0.284. The van der Waals surface area contributed by atoms with Crippen molar-refractivity contribution in [2.75, 3.05) is 5.75 Å². The molecule has 7 heteroatoms. The number of halogens is 1. The molecule has 0 radical (unpaired) electrons. The minimum Gasteiger partial charge on any atom is -0.478 e. The van der Waals surface area contributed by atoms with E-state index in [0.29, 0.717) is 11.4 Å². The third-order valence-electron chi connectivity index (χ3n) is 2.50. The predicted octanol–water partition coefficient (Wildman–Crippen LogP) is 1.53. The van der Waals surface area contributed by atoms with Crippen molar-refractivity contribution in [2.24, 2.45) is 0 Å². The van der Waals surface area contributed by atoms with Crippen molar-refractivity contribution in [3.05, 3.63) is 48.0 Å². The number of hydrogen-bond acceptors (Lipinski definition) is 3. The molecular weight excluding hydrogens is 271 g/mol. The van der Waals surface area contributed by atoms with E-state index in [1.807, 2.05) is 0 Å². The van der Waals surface area contributed by atoms with E-state index >= 15 is 0 Å². The van der Waals surface area contributed by atoms with E-state index in [1.165, 1.54) is 6.07 Å². The molecule has 2 rings (SSSR count). The second-order valence-electron chi connectivity index (χ2n) is 3.77. The summed E-state index contributed by atoms with van der Waals surface area (Å²) in [6.45, 7) is 0.444. The standard InChI is InChI=1S/C12H11FN2O3S/c13-11-3-2-9(8-10(11)12(16)17)19(18)7-6-15-5-1-4-14-15/h1-5,8H,6-7H2,(H,16,17). The number of aromatic carboxylic acids is 1. The Balaban J connectivity index is 2.11. The molecule has 1 N–H and O–H groups in total. The van der Waals surface area contributed by atoms with Crippen LogP contribution in [-0.4, -0.2) is 30.8 Å². The van der Waals surface area contributed by atoms with Gasteiger partial charge in [-0.2, -0.15) is 5.10 Å². The molecule has 1 atom stereocenters. The lowest BCUT2D eigenvalue weighted by atomic mass is 10.2. The van der Waals surface area contributed by atoms with E-state index in [2.05, 4.69) is 5.10 Å². The molecule has 1 unspecified atom stereocenters. The highest BCUT2D eigenvalue weighted by Gasteiger charge is 2.13. The summed E-state index contributed by atoms with van der Waals surface area (Å²) in [5, 5.41) is 12.8. The lowest BCUT2D eigenvalue weighted by Crippen LogP contribution is -2.09. The van der Waals surface area contributed by atoms with Gasteiger partial charge in [-0.3, -0.25) is 8.89 Å². The van der Waals surface area contributed by atoms with Crippen LogP contribution in [0.1, 0.15) is 10.4 Å². The normalized spacial score (nSPS) is 12.3. The SMILES string of the molecule is O=C(O)c1cc(S(=O)CCn2cccn2)ccc1F. The maximum atomic E-state index is 13.2. The lowest BCUT2D eigenvalue weighted by Gasteiger charge is -2.05. The van der Waals surface area contributed by atoms with Gasteiger partial charge in [0.15, 0.2) is 0 Å². The molecule has 2 aromatic rings. The zero-order chi connectivity index (χ0) is 13.8. The number of carboxylic acid groups (broad SMARTS) is 1. The van der Waals surface area contributed by atoms with E-state index in [1.54, 1.807) is 23.1 Å². The summed E-state index contributed by atoms with van der Waals surface area (Å²) in [4.78, 5) is 11.1. The number of aromatic nitrogens is 2. The summed E-state index contributed by atoms with van der Waals surface area (Å²) in [6.07, 6.45) is 3.36. The minimum atomic E-state index is -1.39. The Morgan fingerprint density at radius 2 is 2.26 bits per heavy atom. The average Bonchev–Trinajstić information content (AvgIpc) is 2.89. The van der Waals surface area contributed by atoms with Crippen LogP contribution in [0.5, 0.6) is 0 Å². The van der Waals surface area contributed by atoms with Crippen LogP contribution in [0, 0.1) is 5.82 Å². The van der Waals surface area contributed by atoms with Gasteiger partial charge in [0.25, 0.3) is 0 Å². The third-order valence-corrected chi connectivity index (χ3v) is 3.83. The van der Waals surface area contributed by atoms with Crippen molar-refractivity contribution in [3.8, 4) is 0 Å². The highest BCUT2D eigenvalue weighted by atomic mass is 32.2. The fraction of sp³-hybridized carbons (Fsp3) is 0.167. The van der Waals surface area contributed by atoms with Crippen molar-refractivity contribution < 1.29 is 18.5 Å². The molecule has 1 aromatic carbocycles. The van der Waals surface area contributed by atoms with Crippen LogP contribution < -0.4 is 0 Å². The molecule has 0 spiro atoms. The van der Waals surface area contributed by atoms with E-state index < -0.39 is 28.1 Å². The molecular formula is C12H11FN2O3S. The quantitative estimate of drug-likeness (QED) is 0.902. The third kappa shape index (κ3) is 3.25. The molecule has 0 aliphatic carbocycles. The highest BCUT2D eigenvalue weighted by molar-refractivity contribution is 7.85. The summed E-state index contributed by atoms with van der Waals surface area (Å²) in [5.74, 6) is -1.92. The smallest absolute Gasteiger partial charge is 0.338 e. The van der Waals surface area contributed by atoms with Crippen molar-refractivity contribution in [3.63, 3.8) is 0 Å². The van der Waals surface area contributed by atoms with E-state index in [-0.39, 0.29) is 5.75 Å². The molecule has 100 valence electrons. The summed E-state index contributed by atoms with van der Waals surface area (Å²) in [6, 6.07) is 5.21. The van der Waals surface area contributed by atoms with Crippen molar-refractivity contribution in [1.82, 2.24) is 9.78 Å². The van der Waals surface area contributed by atoms with Gasteiger partial charge in [0.05, 0.1) is 22.9 Å². The molecule has 0 saturated heterocycles. The summed E-state index contributed by atoms with van der Waals surface area (Å²) in [5.41, 5.74) is -0.468. The largest absolute Gasteiger partial charge is 0.478 e. The second kappa shape index (κ2) is 5.75. The number of rotatable bonds is 5. The van der Waals surface area contributed by atoms with Gasteiger partial charge in [0.2, 0.25) is 0 Å². The van der Waals surface area contributed by atoms with Crippen molar-refractivity contribution >= 4 is 16.8 Å². The highest BCUT2D eigenvalue weighted by Crippen LogP contribution is 2.14. The number of aryl methyl sites for hydroxylation is 1. The number of benzene rings is 1. The van der Waals surface area contributed by atoms with Gasteiger partial charge in [0, 0.05) is 23.0 Å². The average molecular weight is 282 g/mol. The second-order valence-corrected chi connectivity index (χ2v) is 5.34. The van der Waals surface area contributed by atoms with Gasteiger partial charge in [-0.25, -0.2) is 9.18 Å². The van der Waals surface area contributed by atoms with Gasteiger partial charge >= 0.3 is 5.97 Å². The summed E-state index contributed by atoms with van der Waals surface area (Å²) >= 11 is 0. The van der Waals surface area contributed by atoms with Crippen LogP contribution in [0.4, 0.5) is 4.39 Å². The topological polar surface area (TPSA) is 72.2 Å². The first kappa shape index (κ1) is 13.4. The van der Waals surface area contributed by atoms with Gasteiger partial charge in [-0.15, -0.1) is 0 Å². The van der Waals surface area contributed by atoms with Gasteiger partial charge in [0.1, 0.15) is 5.82 Å². The maximum absolute atomic E-state index is 13.2. The number of carboxylic acids is 1. The zero-order valence-corrected chi connectivity index (χ0v) is 10.6. The Labute approximate surface area is 111 Å². The Hall–Kier alpha value is -2.02. The molecule has 0 aliphatic heterocycles. The first-order valence-corrected chi connectivity index (χ1v) is 6.78. The molecule has 5 nitrogen and oxygen atoms in total. The van der Waals surface area contributed by atoms with Crippen LogP contribution >= 0.6 is 0 Å². The van der Waals surface area contributed by atoms with E-state index in [4.69, 9.17) is 5.11 Å². The fourth-order valence-electron chi connectivity index (χ4n) is 1.54. The Kier molecular flexibility index (Phi) is 4.06. The molecule has 0 fully saturated rings. The van der Waals surface area contributed by atoms with Crippen molar-refractivity contribution in [2.45, 2.75) is 11.4 Å². The molecule has 19 heavy (non-hydrogen) atoms. The zero-order valence-electron chi connectivity index (χ0n) is 9.82. The Morgan fingerprint density at radius 1 is 1.47 bits per heavy atom. The summed E-state index contributed by atoms with van der Waals surface area (Å²) in [7, 11) is -1.39. The number of hydrogen-bond donors (Lipinski definition) is 1. The lowest BCUT2D eigenvalue weighted by molar-refractivity contribution is 0.0691. The van der Waals surface area contributed by atoms with Crippen molar-refractivity contribution in [1.29, 1.82) is 0 Å². The first-order valence-electron chi connectivity index (χ1n) is 5.46. The van der Waals surface area contributed by atoms with Gasteiger partial charge in [-0.05, 0) is 24.3 Å². The molecule has 1 aromatic heterocycles. The molecule has 0 aliphatic rings. The van der Waals surface area contributed by atoms with E-state index in [0.717, 1.165) is 12.1 Å². The first-order chi connectivity index (χ1) is 9.08.